The summed E-state index contributed by atoms with van der Waals surface area (Å²) < 4.78 is 23.8. The van der Waals surface area contributed by atoms with E-state index in [0.29, 0.717) is 24.5 Å². The third-order valence-electron chi connectivity index (χ3n) is 2.75. The van der Waals surface area contributed by atoms with Gasteiger partial charge in [0, 0.05) is 38.4 Å². The van der Waals surface area contributed by atoms with E-state index in [9.17, 15) is 9.18 Å². The standard InChI is InChI=1S/C14H21FN2O3/c1-10(14(18)17-6-3-7-19-2)20-12-5-4-11(9-16)13(15)8-12/h4-5,8,10H,3,6-7,9,16H2,1-2H3,(H,17,18). The number of rotatable bonds is 8. The third kappa shape index (κ3) is 5.14. The number of nitrogens with one attached hydrogen (secondary N) is 1. The Bertz CT molecular complexity index is 440. The minimum atomic E-state index is -0.694. The fourth-order valence-corrected chi connectivity index (χ4v) is 1.60. The van der Waals surface area contributed by atoms with Gasteiger partial charge in [0.15, 0.2) is 6.10 Å². The van der Waals surface area contributed by atoms with Gasteiger partial charge in [-0.25, -0.2) is 4.39 Å². The average Bonchev–Trinajstić information content (AvgIpc) is 2.43. The molecule has 0 heterocycles. The summed E-state index contributed by atoms with van der Waals surface area (Å²) >= 11 is 0. The van der Waals surface area contributed by atoms with Gasteiger partial charge in [-0.05, 0) is 19.4 Å². The van der Waals surface area contributed by atoms with Crippen LogP contribution >= 0.6 is 0 Å². The maximum atomic E-state index is 13.5. The molecule has 0 saturated heterocycles. The SMILES string of the molecule is COCCCNC(=O)C(C)Oc1ccc(CN)c(F)c1. The van der Waals surface area contributed by atoms with Gasteiger partial charge in [0.25, 0.3) is 5.91 Å². The molecule has 0 spiro atoms. The van der Waals surface area contributed by atoms with Crippen LogP contribution in [0.1, 0.15) is 18.9 Å². The Morgan fingerprint density at radius 3 is 2.85 bits per heavy atom. The molecule has 1 rings (SSSR count). The van der Waals surface area contributed by atoms with E-state index in [1.807, 2.05) is 0 Å². The number of benzene rings is 1. The number of halogens is 1. The molecule has 0 fully saturated rings. The van der Waals surface area contributed by atoms with E-state index < -0.39 is 11.9 Å². The molecular formula is C14H21FN2O3. The first kappa shape index (κ1) is 16.4. The molecule has 1 aromatic carbocycles. The van der Waals surface area contributed by atoms with Crippen LogP contribution in [0.2, 0.25) is 0 Å². The van der Waals surface area contributed by atoms with Crippen LogP contribution in [0.25, 0.3) is 0 Å². The number of nitrogens with two attached hydrogens (primary N) is 1. The van der Waals surface area contributed by atoms with E-state index in [1.54, 1.807) is 26.2 Å². The maximum absolute atomic E-state index is 13.5. The molecule has 6 heteroatoms. The van der Waals surface area contributed by atoms with Crippen LogP contribution < -0.4 is 15.8 Å². The first-order valence-corrected chi connectivity index (χ1v) is 6.50. The van der Waals surface area contributed by atoms with Crippen molar-refractivity contribution in [2.24, 2.45) is 5.73 Å². The largest absolute Gasteiger partial charge is 0.481 e. The predicted octanol–water partition coefficient (Wildman–Crippen LogP) is 1.20. The van der Waals surface area contributed by atoms with Gasteiger partial charge in [-0.3, -0.25) is 4.79 Å². The zero-order chi connectivity index (χ0) is 15.0. The summed E-state index contributed by atoms with van der Waals surface area (Å²) in [5, 5.41) is 2.72. The quantitative estimate of drug-likeness (QED) is 0.704. The van der Waals surface area contributed by atoms with E-state index in [4.69, 9.17) is 15.2 Å². The molecule has 0 aliphatic rings. The highest BCUT2D eigenvalue weighted by Gasteiger charge is 2.14. The summed E-state index contributed by atoms with van der Waals surface area (Å²) in [7, 11) is 1.60. The molecule has 1 aromatic rings. The van der Waals surface area contributed by atoms with E-state index in [2.05, 4.69) is 5.32 Å². The summed E-state index contributed by atoms with van der Waals surface area (Å²) in [6, 6.07) is 4.38. The Kier molecular flexibility index (Phi) is 6.97. The van der Waals surface area contributed by atoms with E-state index >= 15 is 0 Å². The van der Waals surface area contributed by atoms with Crippen LogP contribution in [0, 0.1) is 5.82 Å². The van der Waals surface area contributed by atoms with Gasteiger partial charge in [-0.15, -0.1) is 0 Å². The molecule has 5 nitrogen and oxygen atoms in total. The third-order valence-corrected chi connectivity index (χ3v) is 2.75. The van der Waals surface area contributed by atoms with Crippen molar-refractivity contribution in [1.82, 2.24) is 5.32 Å². The minimum absolute atomic E-state index is 0.127. The molecule has 112 valence electrons. The van der Waals surface area contributed by atoms with Crippen molar-refractivity contribution in [2.45, 2.75) is 26.0 Å². The van der Waals surface area contributed by atoms with Crippen molar-refractivity contribution >= 4 is 5.91 Å². The Balaban J connectivity index is 2.46. The summed E-state index contributed by atoms with van der Waals surface area (Å²) in [5.41, 5.74) is 5.79. The van der Waals surface area contributed by atoms with Gasteiger partial charge in [0.1, 0.15) is 11.6 Å². The number of methoxy groups -OCH3 is 1. The summed E-state index contributed by atoms with van der Waals surface area (Å²) in [6.07, 6.45) is 0.0371. The molecule has 1 unspecified atom stereocenters. The fourth-order valence-electron chi connectivity index (χ4n) is 1.60. The maximum Gasteiger partial charge on any atom is 0.260 e. The Morgan fingerprint density at radius 1 is 1.50 bits per heavy atom. The minimum Gasteiger partial charge on any atom is -0.481 e. The van der Waals surface area contributed by atoms with E-state index in [0.717, 1.165) is 6.42 Å². The zero-order valence-corrected chi connectivity index (χ0v) is 11.8. The lowest BCUT2D eigenvalue weighted by atomic mass is 10.2. The van der Waals surface area contributed by atoms with Crippen molar-refractivity contribution < 1.29 is 18.7 Å². The van der Waals surface area contributed by atoms with Gasteiger partial charge in [0.05, 0.1) is 0 Å². The summed E-state index contributed by atoms with van der Waals surface area (Å²) in [6.45, 7) is 2.84. The van der Waals surface area contributed by atoms with Crippen molar-refractivity contribution in [1.29, 1.82) is 0 Å². The molecule has 0 radical (unpaired) electrons. The zero-order valence-electron chi connectivity index (χ0n) is 11.8. The molecule has 0 aliphatic heterocycles. The lowest BCUT2D eigenvalue weighted by molar-refractivity contribution is -0.127. The monoisotopic (exact) mass is 284 g/mol. The highest BCUT2D eigenvalue weighted by Crippen LogP contribution is 2.17. The molecule has 0 aromatic heterocycles. The van der Waals surface area contributed by atoms with Crippen LogP contribution in [-0.2, 0) is 16.1 Å². The van der Waals surface area contributed by atoms with Crippen molar-refractivity contribution in [2.75, 3.05) is 20.3 Å². The normalized spacial score (nSPS) is 12.0. The highest BCUT2D eigenvalue weighted by molar-refractivity contribution is 5.80. The van der Waals surface area contributed by atoms with Gasteiger partial charge >= 0.3 is 0 Å². The van der Waals surface area contributed by atoms with Crippen molar-refractivity contribution in [3.05, 3.63) is 29.6 Å². The molecule has 0 saturated carbocycles. The molecular weight excluding hydrogens is 263 g/mol. The van der Waals surface area contributed by atoms with Crippen molar-refractivity contribution in [3.8, 4) is 5.75 Å². The fraction of sp³-hybridized carbons (Fsp3) is 0.500. The summed E-state index contributed by atoms with van der Waals surface area (Å²) in [5.74, 6) is -0.374. The molecule has 3 N–H and O–H groups in total. The average molecular weight is 284 g/mol. The van der Waals surface area contributed by atoms with Gasteiger partial charge in [-0.2, -0.15) is 0 Å². The number of hydrogen-bond acceptors (Lipinski definition) is 4. The number of carbonyl (C=O) groups excluding carboxylic acids is 1. The predicted molar refractivity (Wildman–Crippen MR) is 73.9 cm³/mol. The first-order valence-electron chi connectivity index (χ1n) is 6.50. The Hall–Kier alpha value is -1.66. The number of ether oxygens (including phenoxy) is 2. The number of carbonyl (C=O) groups is 1. The molecule has 1 atom stereocenters. The van der Waals surface area contributed by atoms with Crippen LogP contribution in [0.5, 0.6) is 5.75 Å². The molecule has 0 aliphatic carbocycles. The van der Waals surface area contributed by atoms with Crippen LogP contribution in [0.4, 0.5) is 4.39 Å². The summed E-state index contributed by atoms with van der Waals surface area (Å²) in [4.78, 5) is 11.7. The second-order valence-electron chi connectivity index (χ2n) is 4.35. The Morgan fingerprint density at radius 2 is 2.25 bits per heavy atom. The lowest BCUT2D eigenvalue weighted by Gasteiger charge is -2.15. The van der Waals surface area contributed by atoms with Gasteiger partial charge in [0.2, 0.25) is 0 Å². The first-order chi connectivity index (χ1) is 9.58. The van der Waals surface area contributed by atoms with Gasteiger partial charge in [-0.1, -0.05) is 6.07 Å². The smallest absolute Gasteiger partial charge is 0.260 e. The highest BCUT2D eigenvalue weighted by atomic mass is 19.1. The van der Waals surface area contributed by atoms with E-state index in [-0.39, 0.29) is 12.5 Å². The van der Waals surface area contributed by atoms with E-state index in [1.165, 1.54) is 6.07 Å². The lowest BCUT2D eigenvalue weighted by Crippen LogP contribution is -2.37. The topological polar surface area (TPSA) is 73.6 Å². The van der Waals surface area contributed by atoms with Crippen molar-refractivity contribution in [3.63, 3.8) is 0 Å². The second kappa shape index (κ2) is 8.50. The number of amides is 1. The molecule has 0 bridgehead atoms. The second-order valence-corrected chi connectivity index (χ2v) is 4.35. The Labute approximate surface area is 118 Å². The van der Waals surface area contributed by atoms with Crippen LogP contribution in [-0.4, -0.2) is 32.3 Å². The molecule has 1 amide bonds. The number of hydrogen-bond donors (Lipinski definition) is 2. The molecule has 20 heavy (non-hydrogen) atoms. The van der Waals surface area contributed by atoms with Gasteiger partial charge < -0.3 is 20.5 Å². The van der Waals surface area contributed by atoms with Crippen LogP contribution in [0.15, 0.2) is 18.2 Å². The van der Waals surface area contributed by atoms with Crippen LogP contribution in [0.3, 0.4) is 0 Å².